The van der Waals surface area contributed by atoms with E-state index in [-0.39, 0.29) is 36.5 Å². The zero-order valence-corrected chi connectivity index (χ0v) is 14.1. The molecule has 2 aliphatic rings. The fourth-order valence-electron chi connectivity index (χ4n) is 3.13. The van der Waals surface area contributed by atoms with E-state index < -0.39 is 29.7 Å². The van der Waals surface area contributed by atoms with E-state index >= 15 is 0 Å². The highest BCUT2D eigenvalue weighted by atomic mass is 16.2. The van der Waals surface area contributed by atoms with Crippen molar-refractivity contribution in [2.45, 2.75) is 32.4 Å². The van der Waals surface area contributed by atoms with Crippen LogP contribution in [0.4, 0.5) is 4.79 Å². The average Bonchev–Trinajstić information content (AvgIpc) is 2.85. The van der Waals surface area contributed by atoms with Crippen molar-refractivity contribution >= 4 is 29.7 Å². The second kappa shape index (κ2) is 6.95. The smallest absolute Gasteiger partial charge is 0.315 e. The third-order valence-corrected chi connectivity index (χ3v) is 4.33. The summed E-state index contributed by atoms with van der Waals surface area (Å²) in [5.74, 6) is -2.24. The molecule has 2 aliphatic heterocycles. The van der Waals surface area contributed by atoms with Crippen LogP contribution in [0.1, 0.15) is 46.0 Å². The minimum absolute atomic E-state index is 0.0649. The molecule has 2 heterocycles. The van der Waals surface area contributed by atoms with Gasteiger partial charge in [0.2, 0.25) is 11.8 Å². The van der Waals surface area contributed by atoms with Crippen LogP contribution < -0.4 is 16.0 Å². The Labute approximate surface area is 149 Å². The summed E-state index contributed by atoms with van der Waals surface area (Å²) in [7, 11) is 0. The van der Waals surface area contributed by atoms with Gasteiger partial charge in [0.25, 0.3) is 11.8 Å². The number of nitrogens with zero attached hydrogens (tertiary/aromatic N) is 1. The van der Waals surface area contributed by atoms with E-state index in [9.17, 15) is 24.0 Å². The number of hydrogen-bond acceptors (Lipinski definition) is 5. The quantitative estimate of drug-likeness (QED) is 0.649. The topological polar surface area (TPSA) is 125 Å². The van der Waals surface area contributed by atoms with E-state index in [2.05, 4.69) is 16.0 Å². The molecule has 0 spiro atoms. The molecule has 1 aromatic carbocycles. The maximum Gasteiger partial charge on any atom is 0.315 e. The van der Waals surface area contributed by atoms with Crippen LogP contribution in [0, 0.1) is 0 Å². The summed E-state index contributed by atoms with van der Waals surface area (Å²) in [4.78, 5) is 61.4. The highest BCUT2D eigenvalue weighted by Crippen LogP contribution is 2.29. The van der Waals surface area contributed by atoms with Gasteiger partial charge in [-0.25, -0.2) is 4.79 Å². The Morgan fingerprint density at radius 2 is 1.96 bits per heavy atom. The van der Waals surface area contributed by atoms with E-state index in [0.717, 1.165) is 4.90 Å². The van der Waals surface area contributed by atoms with Gasteiger partial charge in [-0.05, 0) is 25.0 Å². The van der Waals surface area contributed by atoms with Crippen LogP contribution in [-0.2, 0) is 16.1 Å². The van der Waals surface area contributed by atoms with E-state index in [1.807, 2.05) is 0 Å². The van der Waals surface area contributed by atoms with Crippen LogP contribution in [0.15, 0.2) is 18.2 Å². The van der Waals surface area contributed by atoms with Gasteiger partial charge in [-0.1, -0.05) is 12.1 Å². The van der Waals surface area contributed by atoms with E-state index in [0.29, 0.717) is 12.1 Å². The van der Waals surface area contributed by atoms with Crippen LogP contribution in [0.5, 0.6) is 0 Å². The highest BCUT2D eigenvalue weighted by Gasteiger charge is 2.45. The van der Waals surface area contributed by atoms with Crippen molar-refractivity contribution in [1.29, 1.82) is 0 Å². The molecule has 0 saturated carbocycles. The standard InChI is InChI=1S/C17H18N4O5/c1-2-18-17(26)19-8-9-4-3-5-10-13(9)16(25)21(15(10)24)11-6-7-12(22)20-14(11)23/h3-5,11H,2,6-8H2,1H3,(H2,18,19,26)(H,20,22,23)/t11-/m1/s1. The van der Waals surface area contributed by atoms with Gasteiger partial charge in [-0.2, -0.15) is 0 Å². The average molecular weight is 358 g/mol. The van der Waals surface area contributed by atoms with Gasteiger partial charge in [-0.15, -0.1) is 0 Å². The van der Waals surface area contributed by atoms with Crippen LogP contribution in [0.25, 0.3) is 0 Å². The SMILES string of the molecule is CCNC(=O)NCc1cccc2c1C(=O)N([C@@H]1CCC(=O)NC1=O)C2=O. The molecule has 0 aliphatic carbocycles. The lowest BCUT2D eigenvalue weighted by atomic mass is 10.0. The number of fused-ring (bicyclic) bond motifs is 1. The lowest BCUT2D eigenvalue weighted by molar-refractivity contribution is -0.136. The van der Waals surface area contributed by atoms with Crippen LogP contribution in [0.2, 0.25) is 0 Å². The molecule has 0 bridgehead atoms. The number of carbonyl (C=O) groups excluding carboxylic acids is 5. The Balaban J connectivity index is 1.86. The second-order valence-electron chi connectivity index (χ2n) is 6.00. The summed E-state index contributed by atoms with van der Waals surface area (Å²) in [6.45, 7) is 2.30. The minimum Gasteiger partial charge on any atom is -0.338 e. The van der Waals surface area contributed by atoms with E-state index in [4.69, 9.17) is 0 Å². The number of imide groups is 2. The largest absolute Gasteiger partial charge is 0.338 e. The number of piperidine rings is 1. The molecule has 136 valence electrons. The van der Waals surface area contributed by atoms with Crippen molar-refractivity contribution in [2.75, 3.05) is 6.54 Å². The van der Waals surface area contributed by atoms with Gasteiger partial charge in [0.15, 0.2) is 0 Å². The maximum atomic E-state index is 12.8. The Kier molecular flexibility index (Phi) is 4.70. The monoisotopic (exact) mass is 358 g/mol. The number of rotatable bonds is 4. The van der Waals surface area contributed by atoms with Crippen LogP contribution in [0.3, 0.4) is 0 Å². The zero-order valence-electron chi connectivity index (χ0n) is 14.1. The highest BCUT2D eigenvalue weighted by molar-refractivity contribution is 6.24. The summed E-state index contributed by atoms with van der Waals surface area (Å²) in [5.41, 5.74) is 0.857. The second-order valence-corrected chi connectivity index (χ2v) is 6.00. The number of benzene rings is 1. The van der Waals surface area contributed by atoms with Gasteiger partial charge in [-0.3, -0.25) is 29.4 Å². The third-order valence-electron chi connectivity index (χ3n) is 4.33. The number of urea groups is 1. The lowest BCUT2D eigenvalue weighted by Gasteiger charge is -2.27. The maximum absolute atomic E-state index is 12.8. The van der Waals surface area contributed by atoms with Gasteiger partial charge < -0.3 is 10.6 Å². The van der Waals surface area contributed by atoms with Gasteiger partial charge in [0, 0.05) is 19.5 Å². The minimum atomic E-state index is -1.01. The molecule has 6 amide bonds. The fraction of sp³-hybridized carbons (Fsp3) is 0.353. The van der Waals surface area contributed by atoms with Gasteiger partial charge in [0.05, 0.1) is 11.1 Å². The Morgan fingerprint density at radius 1 is 1.19 bits per heavy atom. The molecular formula is C17H18N4O5. The van der Waals surface area contributed by atoms with Crippen molar-refractivity contribution in [3.05, 3.63) is 34.9 Å². The number of nitrogens with one attached hydrogen (secondary N) is 3. The normalized spacial score (nSPS) is 19.3. The zero-order chi connectivity index (χ0) is 18.8. The molecule has 1 fully saturated rings. The first-order valence-electron chi connectivity index (χ1n) is 8.29. The number of hydrogen-bond donors (Lipinski definition) is 3. The first-order valence-corrected chi connectivity index (χ1v) is 8.29. The summed E-state index contributed by atoms with van der Waals surface area (Å²) in [5, 5.41) is 7.35. The van der Waals surface area contributed by atoms with Crippen molar-refractivity contribution < 1.29 is 24.0 Å². The van der Waals surface area contributed by atoms with Gasteiger partial charge in [0.1, 0.15) is 6.04 Å². The molecule has 26 heavy (non-hydrogen) atoms. The van der Waals surface area contributed by atoms with Crippen LogP contribution in [-0.4, -0.2) is 47.1 Å². The Bertz CT molecular complexity index is 819. The predicted molar refractivity (Wildman–Crippen MR) is 89.0 cm³/mol. The molecule has 0 radical (unpaired) electrons. The summed E-state index contributed by atoms with van der Waals surface area (Å²) >= 11 is 0. The molecule has 9 nitrogen and oxygen atoms in total. The van der Waals surface area contributed by atoms with Crippen molar-refractivity contribution in [1.82, 2.24) is 20.9 Å². The summed E-state index contributed by atoms with van der Waals surface area (Å²) in [6.07, 6.45) is 0.165. The molecule has 3 N–H and O–H groups in total. The number of amides is 6. The molecule has 1 saturated heterocycles. The first-order chi connectivity index (χ1) is 12.4. The summed E-state index contributed by atoms with van der Waals surface area (Å²) < 4.78 is 0. The Morgan fingerprint density at radius 3 is 2.65 bits per heavy atom. The fourth-order valence-corrected chi connectivity index (χ4v) is 3.13. The molecule has 1 atom stereocenters. The molecule has 3 rings (SSSR count). The molecule has 0 unspecified atom stereocenters. The molecule has 0 aromatic heterocycles. The van der Waals surface area contributed by atoms with E-state index in [1.54, 1.807) is 19.1 Å². The van der Waals surface area contributed by atoms with E-state index in [1.165, 1.54) is 6.07 Å². The first kappa shape index (κ1) is 17.6. The van der Waals surface area contributed by atoms with Gasteiger partial charge >= 0.3 is 6.03 Å². The van der Waals surface area contributed by atoms with Crippen molar-refractivity contribution in [3.63, 3.8) is 0 Å². The van der Waals surface area contributed by atoms with Crippen molar-refractivity contribution in [3.8, 4) is 0 Å². The molecule has 9 heteroatoms. The molecule has 1 aromatic rings. The van der Waals surface area contributed by atoms with Crippen molar-refractivity contribution in [2.24, 2.45) is 0 Å². The molecular weight excluding hydrogens is 340 g/mol. The number of carbonyl (C=O) groups is 5. The predicted octanol–water partition coefficient (Wildman–Crippen LogP) is -0.0931. The lowest BCUT2D eigenvalue weighted by Crippen LogP contribution is -2.54. The Hall–Kier alpha value is -3.23. The summed E-state index contributed by atoms with van der Waals surface area (Å²) in [6, 6.07) is 3.38. The van der Waals surface area contributed by atoms with Crippen LogP contribution >= 0.6 is 0 Å². The third kappa shape index (κ3) is 3.03.